The summed E-state index contributed by atoms with van der Waals surface area (Å²) in [6.07, 6.45) is 0.565. The molecule has 0 radical (unpaired) electrons. The number of aliphatic carboxylic acids is 1. The number of hydrogen-bond donors (Lipinski definition) is 1. The normalized spacial score (nSPS) is 9.86. The van der Waals surface area contributed by atoms with Crippen molar-refractivity contribution in [3.05, 3.63) is 0 Å². The summed E-state index contributed by atoms with van der Waals surface area (Å²) in [5.74, 6) is -0.951. The Morgan fingerprint density at radius 1 is 1.43 bits per heavy atom. The molecule has 0 aliphatic carbocycles. The fourth-order valence-corrected chi connectivity index (χ4v) is 0.892. The van der Waals surface area contributed by atoms with E-state index in [0.717, 1.165) is 0 Å². The van der Waals surface area contributed by atoms with Crippen LogP contribution in [0.5, 0.6) is 0 Å². The molecule has 14 heavy (non-hydrogen) atoms. The third kappa shape index (κ3) is 6.42. The molecule has 0 bridgehead atoms. The minimum atomic E-state index is -0.837. The van der Waals surface area contributed by atoms with E-state index in [2.05, 4.69) is 0 Å². The largest absolute Gasteiger partial charge is 0.481 e. The van der Waals surface area contributed by atoms with E-state index in [4.69, 9.17) is 9.84 Å². The van der Waals surface area contributed by atoms with Gasteiger partial charge in [0, 0.05) is 26.6 Å². The van der Waals surface area contributed by atoms with Gasteiger partial charge in [-0.3, -0.25) is 9.59 Å². The van der Waals surface area contributed by atoms with Gasteiger partial charge in [0.05, 0.1) is 0 Å². The summed E-state index contributed by atoms with van der Waals surface area (Å²) in [7, 11) is 1.64. The molecule has 5 heteroatoms. The average molecular weight is 203 g/mol. The van der Waals surface area contributed by atoms with E-state index in [1.54, 1.807) is 7.05 Å². The lowest BCUT2D eigenvalue weighted by atomic mass is 10.3. The minimum absolute atomic E-state index is 0.0695. The number of nitrogens with zero attached hydrogens (tertiary/aromatic N) is 1. The van der Waals surface area contributed by atoms with E-state index in [-0.39, 0.29) is 18.9 Å². The average Bonchev–Trinajstić information content (AvgIpc) is 2.13. The highest BCUT2D eigenvalue weighted by Crippen LogP contribution is 1.94. The fraction of sp³-hybridized carbons (Fsp3) is 0.778. The Kier molecular flexibility index (Phi) is 6.74. The summed E-state index contributed by atoms with van der Waals surface area (Å²) in [5.41, 5.74) is 0. The van der Waals surface area contributed by atoms with Crippen LogP contribution in [0.25, 0.3) is 0 Å². The van der Waals surface area contributed by atoms with Gasteiger partial charge in [0.2, 0.25) is 5.91 Å². The van der Waals surface area contributed by atoms with Crippen molar-refractivity contribution in [2.24, 2.45) is 0 Å². The molecule has 0 aliphatic heterocycles. The van der Waals surface area contributed by atoms with E-state index < -0.39 is 5.97 Å². The van der Waals surface area contributed by atoms with Crippen molar-refractivity contribution < 1.29 is 19.4 Å². The Labute approximate surface area is 83.6 Å². The van der Waals surface area contributed by atoms with E-state index in [0.29, 0.717) is 19.6 Å². The van der Waals surface area contributed by atoms with Crippen LogP contribution < -0.4 is 0 Å². The first-order chi connectivity index (χ1) is 6.57. The molecule has 0 fully saturated rings. The first-order valence-electron chi connectivity index (χ1n) is 4.61. The molecule has 0 unspecified atom stereocenters. The van der Waals surface area contributed by atoms with Crippen LogP contribution in [0.2, 0.25) is 0 Å². The third-order valence-corrected chi connectivity index (χ3v) is 1.74. The first kappa shape index (κ1) is 12.9. The van der Waals surface area contributed by atoms with E-state index >= 15 is 0 Å². The molecular formula is C9H17NO4. The van der Waals surface area contributed by atoms with Crippen molar-refractivity contribution in [1.82, 2.24) is 4.90 Å². The number of carboxylic acids is 1. The molecule has 1 amide bonds. The number of carbonyl (C=O) groups is 2. The Bertz CT molecular complexity index is 193. The van der Waals surface area contributed by atoms with Gasteiger partial charge in [-0.25, -0.2) is 0 Å². The summed E-state index contributed by atoms with van der Waals surface area (Å²) in [5, 5.41) is 8.38. The quantitative estimate of drug-likeness (QED) is 0.648. The van der Waals surface area contributed by atoms with Crippen molar-refractivity contribution in [3.8, 4) is 0 Å². The molecule has 0 aliphatic rings. The van der Waals surface area contributed by atoms with Crippen molar-refractivity contribution in [2.45, 2.75) is 19.8 Å². The summed E-state index contributed by atoms with van der Waals surface area (Å²) < 4.78 is 4.94. The Morgan fingerprint density at radius 3 is 2.57 bits per heavy atom. The second-order valence-electron chi connectivity index (χ2n) is 2.95. The fourth-order valence-electron chi connectivity index (χ4n) is 0.892. The van der Waals surface area contributed by atoms with Gasteiger partial charge in [-0.2, -0.15) is 0 Å². The molecule has 0 spiro atoms. The van der Waals surface area contributed by atoms with Crippen molar-refractivity contribution >= 4 is 11.9 Å². The molecule has 0 saturated carbocycles. The van der Waals surface area contributed by atoms with Crippen molar-refractivity contribution in [1.29, 1.82) is 0 Å². The van der Waals surface area contributed by atoms with Crippen LogP contribution >= 0.6 is 0 Å². The molecule has 0 rings (SSSR count). The molecule has 0 aromatic rings. The lowest BCUT2D eigenvalue weighted by molar-refractivity contribution is -0.138. The maximum Gasteiger partial charge on any atom is 0.303 e. The highest BCUT2D eigenvalue weighted by molar-refractivity contribution is 5.77. The molecule has 0 aromatic heterocycles. The van der Waals surface area contributed by atoms with Crippen LogP contribution in [0.1, 0.15) is 19.8 Å². The predicted octanol–water partition coefficient (Wildman–Crippen LogP) is 0.346. The van der Waals surface area contributed by atoms with Gasteiger partial charge in [-0.05, 0) is 13.3 Å². The number of ether oxygens (including phenoxy) is 1. The van der Waals surface area contributed by atoms with Crippen LogP contribution in [0.15, 0.2) is 0 Å². The molecular weight excluding hydrogens is 186 g/mol. The maximum absolute atomic E-state index is 11.2. The number of carbonyl (C=O) groups excluding carboxylic acids is 1. The van der Waals surface area contributed by atoms with E-state index in [1.165, 1.54) is 4.90 Å². The van der Waals surface area contributed by atoms with Crippen LogP contribution in [0, 0.1) is 0 Å². The number of amides is 1. The molecule has 1 N–H and O–H groups in total. The lowest BCUT2D eigenvalue weighted by Crippen LogP contribution is -2.31. The number of hydrogen-bond acceptors (Lipinski definition) is 3. The van der Waals surface area contributed by atoms with Gasteiger partial charge in [-0.1, -0.05) is 0 Å². The molecule has 0 saturated heterocycles. The van der Waals surface area contributed by atoms with Gasteiger partial charge in [-0.15, -0.1) is 0 Å². The molecule has 0 atom stereocenters. The van der Waals surface area contributed by atoms with Crippen molar-refractivity contribution in [3.63, 3.8) is 0 Å². The summed E-state index contributed by atoms with van der Waals surface area (Å²) in [4.78, 5) is 22.9. The topological polar surface area (TPSA) is 66.8 Å². The second-order valence-corrected chi connectivity index (χ2v) is 2.95. The van der Waals surface area contributed by atoms with Crippen LogP contribution in [0.3, 0.4) is 0 Å². The summed E-state index contributed by atoms with van der Waals surface area (Å²) >= 11 is 0. The maximum atomic E-state index is 11.2. The number of carboxylic acid groups (broad SMARTS) is 1. The molecule has 5 nitrogen and oxygen atoms in total. The highest BCUT2D eigenvalue weighted by Gasteiger charge is 2.08. The standard InChI is InChI=1S/C9H17NO4/c1-3-14-7-8(11)10(2)6-4-5-9(12)13/h3-7H2,1-2H3,(H,12,13). The Hall–Kier alpha value is -1.10. The summed E-state index contributed by atoms with van der Waals surface area (Å²) in [6.45, 7) is 2.85. The van der Waals surface area contributed by atoms with Crippen molar-refractivity contribution in [2.75, 3.05) is 26.8 Å². The lowest BCUT2D eigenvalue weighted by Gasteiger charge is -2.16. The number of rotatable bonds is 7. The first-order valence-corrected chi connectivity index (χ1v) is 4.61. The van der Waals surface area contributed by atoms with Crippen LogP contribution in [-0.2, 0) is 14.3 Å². The monoisotopic (exact) mass is 203 g/mol. The molecule has 0 aromatic carbocycles. The van der Waals surface area contributed by atoms with Gasteiger partial charge in [0.1, 0.15) is 6.61 Å². The SMILES string of the molecule is CCOCC(=O)N(C)CCCC(=O)O. The van der Waals surface area contributed by atoms with Gasteiger partial charge >= 0.3 is 5.97 Å². The highest BCUT2D eigenvalue weighted by atomic mass is 16.5. The Morgan fingerprint density at radius 2 is 2.07 bits per heavy atom. The number of likely N-dealkylation sites (N-methyl/N-ethyl adjacent to an activating group) is 1. The molecule has 82 valence electrons. The third-order valence-electron chi connectivity index (χ3n) is 1.74. The Balaban J connectivity index is 3.56. The zero-order valence-electron chi connectivity index (χ0n) is 8.65. The second kappa shape index (κ2) is 7.32. The zero-order valence-corrected chi connectivity index (χ0v) is 8.65. The predicted molar refractivity (Wildman–Crippen MR) is 51.0 cm³/mol. The molecule has 0 heterocycles. The van der Waals surface area contributed by atoms with Crippen LogP contribution in [0.4, 0.5) is 0 Å². The van der Waals surface area contributed by atoms with E-state index in [1.807, 2.05) is 6.92 Å². The zero-order chi connectivity index (χ0) is 11.0. The minimum Gasteiger partial charge on any atom is -0.481 e. The smallest absolute Gasteiger partial charge is 0.303 e. The van der Waals surface area contributed by atoms with Gasteiger partial charge in [0.25, 0.3) is 0 Å². The van der Waals surface area contributed by atoms with Gasteiger partial charge in [0.15, 0.2) is 0 Å². The van der Waals surface area contributed by atoms with Gasteiger partial charge < -0.3 is 14.7 Å². The summed E-state index contributed by atoms with van der Waals surface area (Å²) in [6, 6.07) is 0. The van der Waals surface area contributed by atoms with E-state index in [9.17, 15) is 9.59 Å². The van der Waals surface area contributed by atoms with Crippen LogP contribution in [-0.4, -0.2) is 48.7 Å².